The van der Waals surface area contributed by atoms with Crippen molar-refractivity contribution in [3.63, 3.8) is 0 Å². The lowest BCUT2D eigenvalue weighted by atomic mass is 10.1. The van der Waals surface area contributed by atoms with Gasteiger partial charge in [-0.15, -0.1) is 0 Å². The van der Waals surface area contributed by atoms with E-state index in [1.165, 1.54) is 4.90 Å². The third kappa shape index (κ3) is 5.34. The molecular weight excluding hydrogens is 438 g/mol. The highest BCUT2D eigenvalue weighted by atomic mass is 32.2. The first kappa shape index (κ1) is 24.2. The number of amides is 1. The maximum atomic E-state index is 13.0. The van der Waals surface area contributed by atoms with E-state index in [4.69, 9.17) is 0 Å². The van der Waals surface area contributed by atoms with Gasteiger partial charge >= 0.3 is 12.4 Å². The number of carbonyl (C=O) groups is 1. The number of nitrogens with zero attached hydrogens (tertiary/aromatic N) is 2. The molecule has 1 aliphatic heterocycles. The number of hydrogen-bond donors (Lipinski definition) is 0. The number of carbonyl (C=O) groups excluding carboxylic acids is 1. The molecule has 0 atom stereocenters. The number of allylic oxidation sites excluding steroid dienone is 1. The summed E-state index contributed by atoms with van der Waals surface area (Å²) in [5, 5.41) is 0. The minimum Gasteiger partial charge on any atom is -0.336 e. The average molecular weight is 458 g/mol. The smallest absolute Gasteiger partial charge is 0.336 e. The van der Waals surface area contributed by atoms with Gasteiger partial charge in [-0.2, -0.15) is 30.6 Å². The molecule has 1 aliphatic rings. The van der Waals surface area contributed by atoms with E-state index in [0.29, 0.717) is 12.0 Å². The highest BCUT2D eigenvalue weighted by Crippen LogP contribution is 2.37. The maximum absolute atomic E-state index is 13.0. The van der Waals surface area contributed by atoms with Gasteiger partial charge in [0.15, 0.2) is 0 Å². The van der Waals surface area contributed by atoms with Gasteiger partial charge in [-0.1, -0.05) is 13.0 Å². The molecule has 1 fully saturated rings. The molecule has 0 aromatic heterocycles. The fourth-order valence-corrected chi connectivity index (χ4v) is 4.49. The Morgan fingerprint density at radius 3 is 1.83 bits per heavy atom. The second-order valence-electron chi connectivity index (χ2n) is 6.73. The minimum absolute atomic E-state index is 0.0297. The number of piperazine rings is 1. The SMILES string of the molecule is CC/C=C(/C)C(=O)N1CCN(S(=O)(=O)c2cc(C(F)(F)F)cc(C(F)(F)F)c2)CC1. The molecule has 0 bridgehead atoms. The van der Waals surface area contributed by atoms with Gasteiger partial charge in [0.05, 0.1) is 16.0 Å². The van der Waals surface area contributed by atoms with Crippen molar-refractivity contribution < 1.29 is 39.6 Å². The van der Waals surface area contributed by atoms with Crippen molar-refractivity contribution in [3.8, 4) is 0 Å². The molecule has 0 N–H and O–H groups in total. The summed E-state index contributed by atoms with van der Waals surface area (Å²) >= 11 is 0. The fourth-order valence-electron chi connectivity index (χ4n) is 3.00. The molecule has 0 aliphatic carbocycles. The van der Waals surface area contributed by atoms with Crippen molar-refractivity contribution in [3.05, 3.63) is 41.0 Å². The Morgan fingerprint density at radius 2 is 1.43 bits per heavy atom. The van der Waals surface area contributed by atoms with Gasteiger partial charge < -0.3 is 4.90 Å². The standard InChI is InChI=1S/C18H20F6N2O3S/c1-3-4-12(2)16(27)25-5-7-26(8-6-25)30(28,29)15-10-13(17(19,20)21)9-14(11-15)18(22,23)24/h4,9-11H,3,5-8H2,1-2H3/b12-4-. The molecule has 168 valence electrons. The van der Waals surface area contributed by atoms with Crippen molar-refractivity contribution in [2.75, 3.05) is 26.2 Å². The summed E-state index contributed by atoms with van der Waals surface area (Å²) in [7, 11) is -4.63. The minimum atomic E-state index is -5.15. The number of benzene rings is 1. The number of sulfonamides is 1. The molecule has 12 heteroatoms. The molecule has 1 saturated heterocycles. The van der Waals surface area contributed by atoms with E-state index in [-0.39, 0.29) is 50.3 Å². The molecule has 1 aromatic carbocycles. The van der Waals surface area contributed by atoms with Crippen LogP contribution in [0.1, 0.15) is 31.4 Å². The zero-order chi connectivity index (χ0) is 22.9. The quantitative estimate of drug-likeness (QED) is 0.508. The van der Waals surface area contributed by atoms with Crippen molar-refractivity contribution in [2.45, 2.75) is 37.5 Å². The highest BCUT2D eigenvalue weighted by molar-refractivity contribution is 7.89. The van der Waals surface area contributed by atoms with Gasteiger partial charge in [-0.25, -0.2) is 8.42 Å². The van der Waals surface area contributed by atoms with Gasteiger partial charge in [-0.05, 0) is 31.5 Å². The Bertz CT molecular complexity index is 898. The molecule has 30 heavy (non-hydrogen) atoms. The summed E-state index contributed by atoms with van der Waals surface area (Å²) < 4.78 is 104. The van der Waals surface area contributed by atoms with E-state index in [9.17, 15) is 39.6 Å². The van der Waals surface area contributed by atoms with E-state index in [0.717, 1.165) is 4.31 Å². The van der Waals surface area contributed by atoms with Crippen LogP contribution in [-0.2, 0) is 27.2 Å². The Labute approximate surface area is 170 Å². The predicted molar refractivity (Wildman–Crippen MR) is 95.8 cm³/mol. The number of halogens is 6. The molecule has 1 aromatic rings. The van der Waals surface area contributed by atoms with Crippen molar-refractivity contribution in [1.82, 2.24) is 9.21 Å². The monoisotopic (exact) mass is 458 g/mol. The van der Waals surface area contributed by atoms with E-state index < -0.39 is 38.4 Å². The summed E-state index contributed by atoms with van der Waals surface area (Å²) in [4.78, 5) is 12.6. The van der Waals surface area contributed by atoms with E-state index >= 15 is 0 Å². The molecule has 5 nitrogen and oxygen atoms in total. The van der Waals surface area contributed by atoms with E-state index in [1.54, 1.807) is 13.0 Å². The summed E-state index contributed by atoms with van der Waals surface area (Å²) in [5.41, 5.74) is -2.93. The molecule has 0 spiro atoms. The largest absolute Gasteiger partial charge is 0.416 e. The van der Waals surface area contributed by atoms with Gasteiger partial charge in [-0.3, -0.25) is 4.79 Å². The number of alkyl halides is 6. The first-order valence-electron chi connectivity index (χ1n) is 8.93. The fraction of sp³-hybridized carbons (Fsp3) is 0.500. The van der Waals surface area contributed by atoms with Crippen LogP contribution in [-0.4, -0.2) is 49.7 Å². The van der Waals surface area contributed by atoms with Gasteiger partial charge in [0, 0.05) is 31.8 Å². The predicted octanol–water partition coefficient (Wildman–Crippen LogP) is 3.91. The van der Waals surface area contributed by atoms with Gasteiger partial charge in [0.2, 0.25) is 15.9 Å². The third-order valence-corrected chi connectivity index (χ3v) is 6.45. The molecular formula is C18H20F6N2O3S. The van der Waals surface area contributed by atoms with Crippen LogP contribution in [0, 0.1) is 0 Å². The van der Waals surface area contributed by atoms with Crippen LogP contribution in [0.3, 0.4) is 0 Å². The lowest BCUT2D eigenvalue weighted by Crippen LogP contribution is -2.50. The van der Waals surface area contributed by atoms with E-state index in [1.807, 2.05) is 6.92 Å². The Morgan fingerprint density at radius 1 is 0.967 bits per heavy atom. The normalized spacial score (nSPS) is 17.3. The van der Waals surface area contributed by atoms with Crippen LogP contribution in [0.25, 0.3) is 0 Å². The first-order chi connectivity index (χ1) is 13.7. The average Bonchev–Trinajstić information content (AvgIpc) is 2.66. The Balaban J connectivity index is 2.32. The topological polar surface area (TPSA) is 57.7 Å². The van der Waals surface area contributed by atoms with Crippen LogP contribution in [0.4, 0.5) is 26.3 Å². The second-order valence-corrected chi connectivity index (χ2v) is 8.67. The van der Waals surface area contributed by atoms with Crippen LogP contribution in [0.2, 0.25) is 0 Å². The molecule has 1 amide bonds. The molecule has 0 unspecified atom stereocenters. The zero-order valence-corrected chi connectivity index (χ0v) is 17.0. The highest BCUT2D eigenvalue weighted by Gasteiger charge is 2.39. The number of rotatable bonds is 4. The molecule has 0 radical (unpaired) electrons. The number of hydrogen-bond acceptors (Lipinski definition) is 3. The van der Waals surface area contributed by atoms with Crippen LogP contribution >= 0.6 is 0 Å². The lowest BCUT2D eigenvalue weighted by molar-refractivity contribution is -0.143. The summed E-state index contributed by atoms with van der Waals surface area (Å²) in [6, 6.07) is 0.255. The van der Waals surface area contributed by atoms with Gasteiger partial charge in [0.1, 0.15) is 0 Å². The third-order valence-electron chi connectivity index (χ3n) is 4.57. The van der Waals surface area contributed by atoms with Gasteiger partial charge in [0.25, 0.3) is 0 Å². The Kier molecular flexibility index (Phi) is 6.92. The Hall–Kier alpha value is -2.08. The first-order valence-corrected chi connectivity index (χ1v) is 10.4. The summed E-state index contributed by atoms with van der Waals surface area (Å²) in [6.45, 7) is 2.90. The molecule has 2 rings (SSSR count). The second kappa shape index (κ2) is 8.58. The van der Waals surface area contributed by atoms with Crippen molar-refractivity contribution in [2.24, 2.45) is 0 Å². The summed E-state index contributed by atoms with van der Waals surface area (Å²) in [5.74, 6) is -0.299. The van der Waals surface area contributed by atoms with Crippen LogP contribution in [0.5, 0.6) is 0 Å². The van der Waals surface area contributed by atoms with Crippen molar-refractivity contribution in [1.29, 1.82) is 0 Å². The molecule has 1 heterocycles. The summed E-state index contributed by atoms with van der Waals surface area (Å²) in [6.07, 6.45) is -7.98. The van der Waals surface area contributed by atoms with Crippen LogP contribution in [0.15, 0.2) is 34.7 Å². The van der Waals surface area contributed by atoms with Crippen LogP contribution < -0.4 is 0 Å². The van der Waals surface area contributed by atoms with E-state index in [2.05, 4.69) is 0 Å². The van der Waals surface area contributed by atoms with Crippen molar-refractivity contribution >= 4 is 15.9 Å². The molecule has 0 saturated carbocycles. The zero-order valence-electron chi connectivity index (χ0n) is 16.1. The maximum Gasteiger partial charge on any atom is 0.416 e. The lowest BCUT2D eigenvalue weighted by Gasteiger charge is -2.34.